The molecule has 0 bridgehead atoms. The molecule has 0 aromatic carbocycles. The third-order valence-corrected chi connectivity index (χ3v) is 4.25. The summed E-state index contributed by atoms with van der Waals surface area (Å²) < 4.78 is 11.5. The third-order valence-electron chi connectivity index (χ3n) is 4.25. The zero-order chi connectivity index (χ0) is 15.9. The number of ether oxygens (including phenoxy) is 1. The second kappa shape index (κ2) is 8.27. The molecule has 0 N–H and O–H groups in total. The van der Waals surface area contributed by atoms with E-state index in [1.54, 1.807) is 18.9 Å². The number of rotatable bonds is 7. The van der Waals surface area contributed by atoms with E-state index in [1.165, 1.54) is 19.3 Å². The lowest BCUT2D eigenvalue weighted by Gasteiger charge is -2.25. The van der Waals surface area contributed by atoms with Crippen LogP contribution >= 0.6 is 0 Å². The highest BCUT2D eigenvalue weighted by atomic mass is 16.5. The molecule has 1 aliphatic carbocycles. The van der Waals surface area contributed by atoms with Crippen LogP contribution in [0.1, 0.15) is 70.2 Å². The van der Waals surface area contributed by atoms with Gasteiger partial charge in [0.15, 0.2) is 5.82 Å². The van der Waals surface area contributed by atoms with Gasteiger partial charge in [0, 0.05) is 26.9 Å². The number of likely N-dealkylation sites (N-methyl/N-ethyl adjacent to an activating group) is 1. The quantitative estimate of drug-likeness (QED) is 0.774. The summed E-state index contributed by atoms with van der Waals surface area (Å²) in [6.07, 6.45) is 7.67. The molecule has 0 saturated heterocycles. The van der Waals surface area contributed by atoms with E-state index in [2.05, 4.69) is 17.1 Å². The Morgan fingerprint density at radius 3 is 2.77 bits per heavy atom. The molecular formula is C16H27N3O3. The lowest BCUT2D eigenvalue weighted by molar-refractivity contribution is -0.127. The average Bonchev–Trinajstić information content (AvgIpc) is 3.00. The smallest absolute Gasteiger partial charge is 0.255 e. The van der Waals surface area contributed by atoms with Crippen LogP contribution in [0.3, 0.4) is 0 Å². The number of nitrogens with zero attached hydrogens (tertiary/aromatic N) is 3. The van der Waals surface area contributed by atoms with Gasteiger partial charge in [-0.3, -0.25) is 4.79 Å². The summed E-state index contributed by atoms with van der Waals surface area (Å²) in [5.74, 6) is 1.23. The summed E-state index contributed by atoms with van der Waals surface area (Å²) >= 11 is 0. The minimum atomic E-state index is -0.116. The number of hydrogen-bond acceptors (Lipinski definition) is 5. The van der Waals surface area contributed by atoms with Crippen molar-refractivity contribution in [1.29, 1.82) is 0 Å². The molecule has 1 amide bonds. The van der Waals surface area contributed by atoms with Gasteiger partial charge in [0.05, 0.1) is 6.10 Å². The van der Waals surface area contributed by atoms with Crippen molar-refractivity contribution >= 4 is 5.91 Å². The molecule has 1 aromatic heterocycles. The highest BCUT2D eigenvalue weighted by Gasteiger charge is 2.23. The molecule has 1 atom stereocenters. The SMILES string of the molecule is CCC(OC1CCCCC1)c1nc(CCN(C)C(C)=O)no1. The highest BCUT2D eigenvalue weighted by molar-refractivity contribution is 5.72. The van der Waals surface area contributed by atoms with Gasteiger partial charge in [-0.25, -0.2) is 0 Å². The van der Waals surface area contributed by atoms with Gasteiger partial charge in [0.25, 0.3) is 5.89 Å². The molecule has 22 heavy (non-hydrogen) atoms. The van der Waals surface area contributed by atoms with Crippen molar-refractivity contribution in [3.05, 3.63) is 11.7 Å². The Morgan fingerprint density at radius 2 is 2.14 bits per heavy atom. The molecule has 1 heterocycles. The molecule has 1 fully saturated rings. The van der Waals surface area contributed by atoms with Gasteiger partial charge < -0.3 is 14.2 Å². The molecule has 1 aromatic rings. The first-order valence-corrected chi connectivity index (χ1v) is 8.29. The fourth-order valence-corrected chi connectivity index (χ4v) is 2.69. The normalized spacial score (nSPS) is 17.4. The Hall–Kier alpha value is -1.43. The number of aromatic nitrogens is 2. The molecule has 6 nitrogen and oxygen atoms in total. The maximum absolute atomic E-state index is 11.2. The largest absolute Gasteiger partial charge is 0.365 e. The molecule has 0 aliphatic heterocycles. The second-order valence-electron chi connectivity index (χ2n) is 6.03. The van der Waals surface area contributed by atoms with E-state index in [1.807, 2.05) is 0 Å². The molecule has 6 heteroatoms. The first-order valence-electron chi connectivity index (χ1n) is 8.29. The van der Waals surface area contributed by atoms with Crippen molar-refractivity contribution in [1.82, 2.24) is 15.0 Å². The average molecular weight is 309 g/mol. The summed E-state index contributed by atoms with van der Waals surface area (Å²) in [7, 11) is 1.77. The van der Waals surface area contributed by atoms with Crippen LogP contribution in [0, 0.1) is 0 Å². The van der Waals surface area contributed by atoms with Crippen LogP contribution in [0.2, 0.25) is 0 Å². The van der Waals surface area contributed by atoms with Crippen LogP contribution in [-0.2, 0) is 16.0 Å². The Bertz CT molecular complexity index is 469. The van der Waals surface area contributed by atoms with Gasteiger partial charge in [-0.15, -0.1) is 0 Å². The zero-order valence-corrected chi connectivity index (χ0v) is 13.9. The summed E-state index contributed by atoms with van der Waals surface area (Å²) in [6, 6.07) is 0. The van der Waals surface area contributed by atoms with E-state index >= 15 is 0 Å². The Kier molecular flexibility index (Phi) is 6.36. The number of amides is 1. The number of carbonyl (C=O) groups is 1. The van der Waals surface area contributed by atoms with Crippen molar-refractivity contribution in [2.24, 2.45) is 0 Å². The summed E-state index contributed by atoms with van der Waals surface area (Å²) in [6.45, 7) is 4.21. The molecule has 0 radical (unpaired) electrons. The van der Waals surface area contributed by atoms with E-state index < -0.39 is 0 Å². The van der Waals surface area contributed by atoms with Crippen LogP contribution in [0.5, 0.6) is 0 Å². The number of carbonyl (C=O) groups excluding carboxylic acids is 1. The predicted molar refractivity (Wildman–Crippen MR) is 82.3 cm³/mol. The minimum Gasteiger partial charge on any atom is -0.365 e. The van der Waals surface area contributed by atoms with E-state index in [0.29, 0.717) is 30.8 Å². The third kappa shape index (κ3) is 4.80. The van der Waals surface area contributed by atoms with E-state index in [0.717, 1.165) is 19.3 Å². The topological polar surface area (TPSA) is 68.5 Å². The van der Waals surface area contributed by atoms with Crippen LogP contribution in [0.25, 0.3) is 0 Å². The monoisotopic (exact) mass is 309 g/mol. The fourth-order valence-electron chi connectivity index (χ4n) is 2.69. The minimum absolute atomic E-state index is 0.0378. The Morgan fingerprint density at radius 1 is 1.41 bits per heavy atom. The van der Waals surface area contributed by atoms with Crippen LogP contribution in [0.15, 0.2) is 4.52 Å². The lowest BCUT2D eigenvalue weighted by Crippen LogP contribution is -2.26. The van der Waals surface area contributed by atoms with Gasteiger partial charge in [0.2, 0.25) is 5.91 Å². The summed E-state index contributed by atoms with van der Waals surface area (Å²) in [5.41, 5.74) is 0. The van der Waals surface area contributed by atoms with Crippen molar-refractivity contribution in [3.63, 3.8) is 0 Å². The van der Waals surface area contributed by atoms with Crippen molar-refractivity contribution < 1.29 is 14.1 Å². The molecular weight excluding hydrogens is 282 g/mol. The first-order chi connectivity index (χ1) is 10.6. The summed E-state index contributed by atoms with van der Waals surface area (Å²) in [5, 5.41) is 4.01. The highest BCUT2D eigenvalue weighted by Crippen LogP contribution is 2.28. The second-order valence-corrected chi connectivity index (χ2v) is 6.03. The van der Waals surface area contributed by atoms with E-state index in [9.17, 15) is 4.79 Å². The van der Waals surface area contributed by atoms with Crippen molar-refractivity contribution in [2.75, 3.05) is 13.6 Å². The van der Waals surface area contributed by atoms with Gasteiger partial charge in [0.1, 0.15) is 6.10 Å². The summed E-state index contributed by atoms with van der Waals surface area (Å²) in [4.78, 5) is 17.3. The molecule has 1 unspecified atom stereocenters. The Balaban J connectivity index is 1.88. The maximum atomic E-state index is 11.2. The molecule has 1 saturated carbocycles. The lowest BCUT2D eigenvalue weighted by atomic mass is 9.97. The van der Waals surface area contributed by atoms with Crippen LogP contribution < -0.4 is 0 Å². The first kappa shape index (κ1) is 16.9. The van der Waals surface area contributed by atoms with Gasteiger partial charge in [-0.05, 0) is 19.3 Å². The predicted octanol–water partition coefficient (Wildman–Crippen LogP) is 2.89. The van der Waals surface area contributed by atoms with Crippen molar-refractivity contribution in [2.45, 2.75) is 71.0 Å². The van der Waals surface area contributed by atoms with E-state index in [-0.39, 0.29) is 12.0 Å². The maximum Gasteiger partial charge on any atom is 0.255 e. The zero-order valence-electron chi connectivity index (χ0n) is 13.9. The van der Waals surface area contributed by atoms with Gasteiger partial charge >= 0.3 is 0 Å². The molecule has 2 rings (SSSR count). The van der Waals surface area contributed by atoms with E-state index in [4.69, 9.17) is 9.26 Å². The standard InChI is InChI=1S/C16H27N3O3/c1-4-14(21-13-8-6-5-7-9-13)16-17-15(18-22-16)10-11-19(3)12(2)20/h13-14H,4-11H2,1-3H3. The fraction of sp³-hybridized carbons (Fsp3) is 0.812. The van der Waals surface area contributed by atoms with Gasteiger partial charge in [-0.1, -0.05) is 31.3 Å². The van der Waals surface area contributed by atoms with Crippen LogP contribution in [-0.4, -0.2) is 40.6 Å². The molecule has 1 aliphatic rings. The van der Waals surface area contributed by atoms with Gasteiger partial charge in [-0.2, -0.15) is 4.98 Å². The van der Waals surface area contributed by atoms with Crippen molar-refractivity contribution in [3.8, 4) is 0 Å². The molecule has 0 spiro atoms. The Labute approximate surface area is 132 Å². The van der Waals surface area contributed by atoms with Crippen LogP contribution in [0.4, 0.5) is 0 Å². The number of hydrogen-bond donors (Lipinski definition) is 0. The molecule has 124 valence electrons.